The lowest BCUT2D eigenvalue weighted by Crippen LogP contribution is -2.31. The number of amides is 1. The molecule has 1 fully saturated rings. The summed E-state index contributed by atoms with van der Waals surface area (Å²) >= 11 is 0. The summed E-state index contributed by atoms with van der Waals surface area (Å²) in [5, 5.41) is 12.1. The number of likely N-dealkylation sites (tertiary alicyclic amines) is 1. The van der Waals surface area contributed by atoms with E-state index >= 15 is 0 Å². The van der Waals surface area contributed by atoms with Crippen LogP contribution in [0.1, 0.15) is 41.9 Å². The zero-order chi connectivity index (χ0) is 20.9. The van der Waals surface area contributed by atoms with Gasteiger partial charge >= 0.3 is 0 Å². The van der Waals surface area contributed by atoms with Gasteiger partial charge in [0.1, 0.15) is 5.82 Å². The van der Waals surface area contributed by atoms with Crippen LogP contribution in [0.25, 0.3) is 6.08 Å². The largest absolute Gasteiger partial charge is 0.384 e. The number of benzene rings is 2. The maximum atomic E-state index is 14.7. The quantitative estimate of drug-likeness (QED) is 0.394. The highest BCUT2D eigenvalue weighted by Gasteiger charge is 2.31. The van der Waals surface area contributed by atoms with E-state index in [1.54, 1.807) is 12.1 Å². The second kappa shape index (κ2) is 9.41. The molecule has 0 radical (unpaired) electrons. The number of fused-ring (bicyclic) bond motifs is 1. The van der Waals surface area contributed by atoms with E-state index in [-0.39, 0.29) is 5.82 Å². The molecule has 4 rings (SSSR count). The Labute approximate surface area is 176 Å². The van der Waals surface area contributed by atoms with Gasteiger partial charge < -0.3 is 5.32 Å². The number of carbonyl (C=O) groups is 1. The first-order valence-corrected chi connectivity index (χ1v) is 10.6. The third-order valence-electron chi connectivity index (χ3n) is 6.24. The Hall–Kier alpha value is -2.70. The summed E-state index contributed by atoms with van der Waals surface area (Å²) in [6, 6.07) is 13.6. The van der Waals surface area contributed by atoms with E-state index in [9.17, 15) is 9.18 Å². The monoisotopic (exact) mass is 409 g/mol. The summed E-state index contributed by atoms with van der Waals surface area (Å²) in [6.07, 6.45) is 6.19. The molecule has 2 atom stereocenters. The lowest BCUT2D eigenvalue weighted by Gasteiger charge is -2.28. The van der Waals surface area contributed by atoms with Crippen molar-refractivity contribution in [2.24, 2.45) is 5.92 Å². The Morgan fingerprint density at radius 1 is 1.27 bits per heavy atom. The van der Waals surface area contributed by atoms with Gasteiger partial charge in [-0.1, -0.05) is 36.8 Å². The number of nitrogens with zero attached hydrogens (tertiary/aromatic N) is 1. The fourth-order valence-corrected chi connectivity index (χ4v) is 4.71. The summed E-state index contributed by atoms with van der Waals surface area (Å²) in [7, 11) is 0. The van der Waals surface area contributed by atoms with Crippen LogP contribution in [-0.4, -0.2) is 35.6 Å². The second-order valence-electron chi connectivity index (χ2n) is 8.23. The number of para-hydroxylation sites is 1. The van der Waals surface area contributed by atoms with Gasteiger partial charge in [-0.2, -0.15) is 0 Å². The molecular weight excluding hydrogens is 381 g/mol. The zero-order valence-electron chi connectivity index (χ0n) is 17.0. The smallest absolute Gasteiger partial charge is 0.267 e. The average molecular weight is 410 g/mol. The number of hydroxylamine groups is 1. The topological polar surface area (TPSA) is 64.6 Å². The maximum absolute atomic E-state index is 14.7. The molecule has 0 aromatic heterocycles. The van der Waals surface area contributed by atoms with Crippen molar-refractivity contribution >= 4 is 17.7 Å². The molecule has 0 bridgehead atoms. The zero-order valence-corrected chi connectivity index (χ0v) is 17.0. The highest BCUT2D eigenvalue weighted by molar-refractivity contribution is 5.90. The molecule has 0 saturated carbocycles. The normalized spacial score (nSPS) is 21.8. The molecule has 2 unspecified atom stereocenters. The van der Waals surface area contributed by atoms with E-state index in [0.717, 1.165) is 26.1 Å². The lowest BCUT2D eigenvalue weighted by molar-refractivity contribution is -0.124. The summed E-state index contributed by atoms with van der Waals surface area (Å²) in [5.74, 6) is 0.163. The molecular formula is C24H28FN3O2. The van der Waals surface area contributed by atoms with Crippen LogP contribution in [0.4, 0.5) is 10.1 Å². The van der Waals surface area contributed by atoms with Crippen LogP contribution in [0.3, 0.4) is 0 Å². The van der Waals surface area contributed by atoms with Crippen molar-refractivity contribution in [1.82, 2.24) is 10.4 Å². The molecule has 1 saturated heterocycles. The van der Waals surface area contributed by atoms with Crippen LogP contribution in [0.2, 0.25) is 0 Å². The molecule has 2 aliphatic heterocycles. The van der Waals surface area contributed by atoms with Gasteiger partial charge in [-0.05, 0) is 54.6 Å². The predicted octanol–water partition coefficient (Wildman–Crippen LogP) is 4.16. The number of halogens is 1. The number of hydrogen-bond acceptors (Lipinski definition) is 4. The van der Waals surface area contributed by atoms with Crippen molar-refractivity contribution in [2.75, 3.05) is 25.0 Å². The molecule has 158 valence electrons. The van der Waals surface area contributed by atoms with Crippen molar-refractivity contribution in [3.05, 3.63) is 71.0 Å². The Bertz CT molecular complexity index is 930. The van der Waals surface area contributed by atoms with Gasteiger partial charge in [-0.3, -0.25) is 14.9 Å². The Kier molecular flexibility index (Phi) is 6.45. The van der Waals surface area contributed by atoms with Gasteiger partial charge in [0.05, 0.1) is 0 Å². The van der Waals surface area contributed by atoms with Crippen LogP contribution in [0, 0.1) is 11.7 Å². The second-order valence-corrected chi connectivity index (χ2v) is 8.23. The van der Waals surface area contributed by atoms with Crippen molar-refractivity contribution in [3.63, 3.8) is 0 Å². The summed E-state index contributed by atoms with van der Waals surface area (Å²) in [5.41, 5.74) is 5.45. The molecule has 0 spiro atoms. The molecule has 3 N–H and O–H groups in total. The van der Waals surface area contributed by atoms with Crippen molar-refractivity contribution in [3.8, 4) is 0 Å². The minimum atomic E-state index is -0.641. The van der Waals surface area contributed by atoms with Gasteiger partial charge in [0, 0.05) is 42.9 Å². The van der Waals surface area contributed by atoms with Crippen LogP contribution < -0.4 is 10.8 Å². The first-order valence-electron chi connectivity index (χ1n) is 10.6. The minimum Gasteiger partial charge on any atom is -0.384 e. The van der Waals surface area contributed by atoms with Crippen molar-refractivity contribution in [1.29, 1.82) is 0 Å². The minimum absolute atomic E-state index is 0.268. The molecule has 2 aliphatic rings. The molecule has 2 aromatic carbocycles. The summed E-state index contributed by atoms with van der Waals surface area (Å²) in [6.45, 7) is 3.52. The Balaban J connectivity index is 1.44. The molecule has 6 heteroatoms. The Morgan fingerprint density at radius 2 is 2.13 bits per heavy atom. The first-order chi connectivity index (χ1) is 14.6. The van der Waals surface area contributed by atoms with Gasteiger partial charge in [0.15, 0.2) is 0 Å². The number of rotatable bonds is 5. The SMILES string of the molecule is O=C(C=Cc1ccc(CN2CCCCC(C3CNc4ccccc43)C2)c(F)c1)NO. The summed E-state index contributed by atoms with van der Waals surface area (Å²) < 4.78 is 14.7. The van der Waals surface area contributed by atoms with Gasteiger partial charge in [0.2, 0.25) is 0 Å². The van der Waals surface area contributed by atoms with Crippen molar-refractivity contribution in [2.45, 2.75) is 31.7 Å². The van der Waals surface area contributed by atoms with E-state index in [2.05, 4.69) is 34.5 Å². The number of carbonyl (C=O) groups excluding carboxylic acids is 1. The first kappa shape index (κ1) is 20.6. The fourth-order valence-electron chi connectivity index (χ4n) is 4.71. The molecule has 30 heavy (non-hydrogen) atoms. The Morgan fingerprint density at radius 3 is 2.97 bits per heavy atom. The van der Waals surface area contributed by atoms with Gasteiger partial charge in [-0.25, -0.2) is 9.87 Å². The van der Waals surface area contributed by atoms with Crippen LogP contribution in [-0.2, 0) is 11.3 Å². The van der Waals surface area contributed by atoms with Gasteiger partial charge in [-0.15, -0.1) is 0 Å². The lowest BCUT2D eigenvalue weighted by atomic mass is 9.84. The average Bonchev–Trinajstić information content (AvgIpc) is 3.06. The highest BCUT2D eigenvalue weighted by Crippen LogP contribution is 2.39. The molecule has 2 aromatic rings. The molecule has 2 heterocycles. The standard InChI is InChI=1S/C24H28FN3O2/c25-22-13-17(9-11-24(29)27-30)8-10-19(22)16-28-12-4-3-5-18(15-28)21-14-26-23-7-2-1-6-20(21)23/h1-2,6-11,13,18,21,26,30H,3-5,12,14-16H2,(H,27,29). The molecule has 5 nitrogen and oxygen atoms in total. The molecule has 0 aliphatic carbocycles. The van der Waals surface area contributed by atoms with Crippen LogP contribution in [0.15, 0.2) is 48.5 Å². The van der Waals surface area contributed by atoms with E-state index < -0.39 is 5.91 Å². The number of anilines is 1. The van der Waals surface area contributed by atoms with Crippen LogP contribution in [0.5, 0.6) is 0 Å². The number of hydrogen-bond donors (Lipinski definition) is 3. The fraction of sp³-hybridized carbons (Fsp3) is 0.375. The molecule has 1 amide bonds. The third kappa shape index (κ3) is 4.71. The van der Waals surface area contributed by atoms with E-state index in [1.807, 2.05) is 0 Å². The van der Waals surface area contributed by atoms with Crippen LogP contribution >= 0.6 is 0 Å². The highest BCUT2D eigenvalue weighted by atomic mass is 19.1. The van der Waals surface area contributed by atoms with E-state index in [0.29, 0.717) is 29.5 Å². The van der Waals surface area contributed by atoms with E-state index in [1.165, 1.54) is 47.8 Å². The van der Waals surface area contributed by atoms with E-state index in [4.69, 9.17) is 5.21 Å². The maximum Gasteiger partial charge on any atom is 0.267 e. The van der Waals surface area contributed by atoms with Gasteiger partial charge in [0.25, 0.3) is 5.91 Å². The van der Waals surface area contributed by atoms with Crippen molar-refractivity contribution < 1.29 is 14.4 Å². The third-order valence-corrected chi connectivity index (χ3v) is 6.24. The summed E-state index contributed by atoms with van der Waals surface area (Å²) in [4.78, 5) is 13.5. The predicted molar refractivity (Wildman–Crippen MR) is 116 cm³/mol. The number of nitrogens with one attached hydrogen (secondary N) is 2.